The topological polar surface area (TPSA) is 62.0 Å². The normalized spacial score (nSPS) is 10.1. The van der Waals surface area contributed by atoms with Crippen LogP contribution in [0.1, 0.15) is 10.4 Å². The van der Waals surface area contributed by atoms with Gasteiger partial charge in [-0.2, -0.15) is 0 Å². The molecule has 2 N–H and O–H groups in total. The Morgan fingerprint density at radius 2 is 2.06 bits per heavy atom. The lowest BCUT2D eigenvalue weighted by molar-refractivity contribution is 0.102. The molecule has 18 heavy (non-hydrogen) atoms. The molecule has 2 aromatic rings. The van der Waals surface area contributed by atoms with Gasteiger partial charge in [-0.15, -0.1) is 0 Å². The summed E-state index contributed by atoms with van der Waals surface area (Å²) in [6.07, 6.45) is 1.36. The van der Waals surface area contributed by atoms with E-state index in [0.717, 1.165) is 0 Å². The molecule has 0 atom stereocenters. The zero-order valence-electron chi connectivity index (χ0n) is 9.04. The minimum atomic E-state index is -0.325. The quantitative estimate of drug-likeness (QED) is 0.890. The molecular formula is C12H8BrClN2O2. The highest BCUT2D eigenvalue weighted by Gasteiger charge is 2.09. The minimum absolute atomic E-state index is 0.254. The van der Waals surface area contributed by atoms with Gasteiger partial charge >= 0.3 is 0 Å². The molecule has 1 aromatic carbocycles. The van der Waals surface area contributed by atoms with E-state index in [-0.39, 0.29) is 11.5 Å². The lowest BCUT2D eigenvalue weighted by Gasteiger charge is -2.08. The van der Waals surface area contributed by atoms with Gasteiger partial charge in [-0.1, -0.05) is 17.7 Å². The molecular weight excluding hydrogens is 320 g/mol. The van der Waals surface area contributed by atoms with Crippen LogP contribution in [0.25, 0.3) is 0 Å². The zero-order valence-corrected chi connectivity index (χ0v) is 11.4. The summed E-state index contributed by atoms with van der Waals surface area (Å²) in [6.45, 7) is 0. The average Bonchev–Trinajstić information content (AvgIpc) is 2.36. The third-order valence-electron chi connectivity index (χ3n) is 2.25. The fourth-order valence-electron chi connectivity index (χ4n) is 1.35. The highest BCUT2D eigenvalue weighted by Crippen LogP contribution is 2.30. The Kier molecular flexibility index (Phi) is 3.84. The number of H-pyrrole nitrogens is 1. The zero-order chi connectivity index (χ0) is 13.1. The molecule has 4 nitrogen and oxygen atoms in total. The predicted octanol–water partition coefficient (Wildman–Crippen LogP) is 3.04. The second kappa shape index (κ2) is 5.37. The molecule has 0 radical (unpaired) electrons. The number of hydrogen-bond donors (Lipinski definition) is 2. The molecule has 0 unspecified atom stereocenters. The molecule has 0 saturated carbocycles. The standard InChI is InChI=1S/C12H8BrClN2O2/c13-11-8(14)2-1-3-9(11)16-12(18)7-4-5-10(17)15-6-7/h1-6H,(H,15,17)(H,16,18). The third-order valence-corrected chi connectivity index (χ3v) is 3.64. The Balaban J connectivity index is 2.24. The van der Waals surface area contributed by atoms with Crippen molar-refractivity contribution in [1.82, 2.24) is 4.98 Å². The summed E-state index contributed by atoms with van der Waals surface area (Å²) in [6, 6.07) is 7.91. The number of hydrogen-bond acceptors (Lipinski definition) is 2. The molecule has 2 rings (SSSR count). The van der Waals surface area contributed by atoms with Gasteiger partial charge in [-0.05, 0) is 34.1 Å². The van der Waals surface area contributed by atoms with Crippen LogP contribution in [-0.4, -0.2) is 10.9 Å². The smallest absolute Gasteiger partial charge is 0.257 e. The summed E-state index contributed by atoms with van der Waals surface area (Å²) >= 11 is 9.21. The van der Waals surface area contributed by atoms with Crippen molar-refractivity contribution >= 4 is 39.1 Å². The molecule has 0 spiro atoms. The van der Waals surface area contributed by atoms with Crippen LogP contribution in [0.4, 0.5) is 5.69 Å². The average molecular weight is 328 g/mol. The first-order valence-electron chi connectivity index (χ1n) is 5.02. The molecule has 0 fully saturated rings. The van der Waals surface area contributed by atoms with Crippen molar-refractivity contribution < 1.29 is 4.79 Å². The maximum absolute atomic E-state index is 11.9. The van der Waals surface area contributed by atoms with Crippen LogP contribution in [0, 0.1) is 0 Å². The summed E-state index contributed by atoms with van der Waals surface area (Å²) in [4.78, 5) is 25.2. The molecule has 0 saturated heterocycles. The van der Waals surface area contributed by atoms with Crippen molar-refractivity contribution in [3.63, 3.8) is 0 Å². The van der Waals surface area contributed by atoms with E-state index in [0.29, 0.717) is 20.7 Å². The van der Waals surface area contributed by atoms with Crippen molar-refractivity contribution in [2.75, 3.05) is 5.32 Å². The van der Waals surface area contributed by atoms with Crippen molar-refractivity contribution in [2.45, 2.75) is 0 Å². The maximum Gasteiger partial charge on any atom is 0.257 e. The number of rotatable bonds is 2. The maximum atomic E-state index is 11.9. The van der Waals surface area contributed by atoms with Gasteiger partial charge in [0.1, 0.15) is 0 Å². The van der Waals surface area contributed by atoms with E-state index in [2.05, 4.69) is 26.2 Å². The molecule has 0 bridgehead atoms. The largest absolute Gasteiger partial charge is 0.328 e. The summed E-state index contributed by atoms with van der Waals surface area (Å²) in [7, 11) is 0. The van der Waals surface area contributed by atoms with Gasteiger partial charge in [0.15, 0.2) is 0 Å². The molecule has 0 aliphatic carbocycles. The van der Waals surface area contributed by atoms with E-state index < -0.39 is 0 Å². The van der Waals surface area contributed by atoms with Crippen molar-refractivity contribution in [2.24, 2.45) is 0 Å². The van der Waals surface area contributed by atoms with Crippen molar-refractivity contribution in [3.8, 4) is 0 Å². The van der Waals surface area contributed by atoms with Gasteiger partial charge in [-0.25, -0.2) is 0 Å². The fourth-order valence-corrected chi connectivity index (χ4v) is 1.88. The van der Waals surface area contributed by atoms with Crippen molar-refractivity contribution in [1.29, 1.82) is 0 Å². The van der Waals surface area contributed by atoms with Crippen LogP contribution in [0.3, 0.4) is 0 Å². The number of halogens is 2. The van der Waals surface area contributed by atoms with Gasteiger partial charge < -0.3 is 10.3 Å². The van der Waals surface area contributed by atoms with Crippen LogP contribution in [-0.2, 0) is 0 Å². The summed E-state index contributed by atoms with van der Waals surface area (Å²) < 4.78 is 0.615. The summed E-state index contributed by atoms with van der Waals surface area (Å²) in [5.41, 5.74) is 0.677. The number of pyridine rings is 1. The highest BCUT2D eigenvalue weighted by atomic mass is 79.9. The Bertz CT molecular complexity index is 634. The van der Waals surface area contributed by atoms with Crippen LogP contribution >= 0.6 is 27.5 Å². The second-order valence-electron chi connectivity index (χ2n) is 3.50. The first kappa shape index (κ1) is 12.9. The lowest BCUT2D eigenvalue weighted by Crippen LogP contribution is -2.14. The molecule has 1 aromatic heterocycles. The van der Waals surface area contributed by atoms with E-state index in [9.17, 15) is 9.59 Å². The Labute approximate surface area is 116 Å². The Hall–Kier alpha value is -1.59. The van der Waals surface area contributed by atoms with Crippen LogP contribution < -0.4 is 10.9 Å². The molecule has 1 amide bonds. The van der Waals surface area contributed by atoms with E-state index in [4.69, 9.17) is 11.6 Å². The Morgan fingerprint density at radius 1 is 1.28 bits per heavy atom. The third kappa shape index (κ3) is 2.80. The molecule has 1 heterocycles. The van der Waals surface area contributed by atoms with E-state index in [1.807, 2.05) is 0 Å². The monoisotopic (exact) mass is 326 g/mol. The SMILES string of the molecule is O=C(Nc1cccc(Cl)c1Br)c1ccc(=O)[nH]c1. The Morgan fingerprint density at radius 3 is 2.72 bits per heavy atom. The van der Waals surface area contributed by atoms with Gasteiger partial charge in [0.25, 0.3) is 5.91 Å². The second-order valence-corrected chi connectivity index (χ2v) is 4.70. The number of aromatic nitrogens is 1. The van der Waals surface area contributed by atoms with E-state index in [1.165, 1.54) is 18.3 Å². The number of anilines is 1. The van der Waals surface area contributed by atoms with Gasteiger partial charge in [0.05, 0.1) is 20.7 Å². The molecule has 0 aliphatic rings. The van der Waals surface area contributed by atoms with Gasteiger partial charge in [0, 0.05) is 12.3 Å². The lowest BCUT2D eigenvalue weighted by atomic mass is 10.2. The van der Waals surface area contributed by atoms with Gasteiger partial charge in [0.2, 0.25) is 5.56 Å². The fraction of sp³-hybridized carbons (Fsp3) is 0. The number of carbonyl (C=O) groups excluding carboxylic acids is 1. The molecule has 0 aliphatic heterocycles. The summed E-state index contributed by atoms with van der Waals surface area (Å²) in [5, 5.41) is 3.20. The predicted molar refractivity (Wildman–Crippen MR) is 74.2 cm³/mol. The number of amides is 1. The summed E-state index contributed by atoms with van der Waals surface area (Å²) in [5.74, 6) is -0.325. The van der Waals surface area contributed by atoms with Crippen LogP contribution in [0.5, 0.6) is 0 Å². The van der Waals surface area contributed by atoms with Crippen LogP contribution in [0.2, 0.25) is 5.02 Å². The van der Waals surface area contributed by atoms with E-state index >= 15 is 0 Å². The van der Waals surface area contributed by atoms with E-state index in [1.54, 1.807) is 18.2 Å². The highest BCUT2D eigenvalue weighted by molar-refractivity contribution is 9.10. The first-order valence-corrected chi connectivity index (χ1v) is 6.19. The molecule has 6 heteroatoms. The van der Waals surface area contributed by atoms with Gasteiger partial charge in [-0.3, -0.25) is 9.59 Å². The number of nitrogens with one attached hydrogen (secondary N) is 2. The number of aromatic amines is 1. The van der Waals surface area contributed by atoms with Crippen LogP contribution in [0.15, 0.2) is 45.8 Å². The minimum Gasteiger partial charge on any atom is -0.328 e. The molecule has 92 valence electrons. The first-order chi connectivity index (χ1) is 8.58. The number of benzene rings is 1. The van der Waals surface area contributed by atoms with Crippen molar-refractivity contribution in [3.05, 3.63) is 61.9 Å². The number of carbonyl (C=O) groups is 1.